The molecule has 2 rings (SSSR count). The lowest BCUT2D eigenvalue weighted by Gasteiger charge is -2.27. The number of hydrogen-bond acceptors (Lipinski definition) is 5. The molecule has 0 radical (unpaired) electrons. The summed E-state index contributed by atoms with van der Waals surface area (Å²) in [6, 6.07) is 8.06. The molecular formula is C17H20N2O5S. The van der Waals surface area contributed by atoms with Crippen LogP contribution < -0.4 is 4.74 Å². The molecule has 1 atom stereocenters. The molecule has 0 fully saturated rings. The number of carboxylic acids is 1. The molecule has 2 aromatic rings. The summed E-state index contributed by atoms with van der Waals surface area (Å²) in [6.07, 6.45) is 3.23. The zero-order valence-electron chi connectivity index (χ0n) is 14.0. The number of ether oxygens (including phenoxy) is 1. The lowest BCUT2D eigenvalue weighted by Crippen LogP contribution is -2.44. The lowest BCUT2D eigenvalue weighted by atomic mass is 10.2. The SMILES string of the molecule is CC[C@H](C(=O)O)N(Cc1cccnc1)S(=O)(=O)c1ccc(OC)cc1. The van der Waals surface area contributed by atoms with E-state index in [0.717, 1.165) is 4.31 Å². The van der Waals surface area contributed by atoms with Crippen molar-refractivity contribution in [3.63, 3.8) is 0 Å². The molecule has 0 spiro atoms. The van der Waals surface area contributed by atoms with Gasteiger partial charge in [-0.25, -0.2) is 8.42 Å². The van der Waals surface area contributed by atoms with Gasteiger partial charge in [-0.05, 0) is 42.3 Å². The van der Waals surface area contributed by atoms with Gasteiger partial charge in [0.2, 0.25) is 10.0 Å². The first-order chi connectivity index (χ1) is 11.9. The number of pyridine rings is 1. The number of carboxylic acid groups (broad SMARTS) is 1. The van der Waals surface area contributed by atoms with Gasteiger partial charge in [-0.1, -0.05) is 13.0 Å². The Morgan fingerprint density at radius 1 is 1.28 bits per heavy atom. The maximum absolute atomic E-state index is 13.0. The zero-order valence-corrected chi connectivity index (χ0v) is 14.8. The molecule has 0 aliphatic heterocycles. The molecule has 1 heterocycles. The van der Waals surface area contributed by atoms with Crippen LogP contribution in [-0.4, -0.2) is 41.9 Å². The summed E-state index contributed by atoms with van der Waals surface area (Å²) in [7, 11) is -2.53. The van der Waals surface area contributed by atoms with E-state index in [4.69, 9.17) is 4.74 Å². The standard InChI is InChI=1S/C17H20N2O5S/c1-3-16(17(20)21)19(12-13-5-4-10-18-11-13)25(22,23)15-8-6-14(24-2)7-9-15/h4-11,16H,3,12H2,1-2H3,(H,20,21)/t16-/m1/s1. The Labute approximate surface area is 146 Å². The fourth-order valence-electron chi connectivity index (χ4n) is 2.42. The van der Waals surface area contributed by atoms with Crippen LogP contribution in [0.5, 0.6) is 5.75 Å². The molecule has 0 bridgehead atoms. The molecule has 8 heteroatoms. The van der Waals surface area contributed by atoms with Gasteiger partial charge in [0.25, 0.3) is 0 Å². The maximum Gasteiger partial charge on any atom is 0.322 e. The third kappa shape index (κ3) is 4.34. The highest BCUT2D eigenvalue weighted by molar-refractivity contribution is 7.89. The van der Waals surface area contributed by atoms with Gasteiger partial charge in [0.05, 0.1) is 12.0 Å². The van der Waals surface area contributed by atoms with Crippen molar-refractivity contribution in [1.29, 1.82) is 0 Å². The quantitative estimate of drug-likeness (QED) is 0.771. The average Bonchev–Trinajstić information content (AvgIpc) is 2.62. The molecule has 0 aliphatic rings. The fourth-order valence-corrected chi connectivity index (χ4v) is 4.06. The van der Waals surface area contributed by atoms with E-state index in [1.807, 2.05) is 0 Å². The van der Waals surface area contributed by atoms with Crippen LogP contribution >= 0.6 is 0 Å². The van der Waals surface area contributed by atoms with E-state index in [2.05, 4.69) is 4.98 Å². The Bertz CT molecular complexity index is 807. The number of rotatable bonds is 8. The maximum atomic E-state index is 13.0. The molecule has 0 saturated heterocycles. The number of sulfonamides is 1. The molecule has 134 valence electrons. The van der Waals surface area contributed by atoms with Gasteiger partial charge in [0, 0.05) is 18.9 Å². The van der Waals surface area contributed by atoms with Crippen molar-refractivity contribution in [3.05, 3.63) is 54.4 Å². The Kier molecular flexibility index (Phi) is 6.11. The number of nitrogens with zero attached hydrogens (tertiary/aromatic N) is 2. The van der Waals surface area contributed by atoms with Gasteiger partial charge in [-0.3, -0.25) is 9.78 Å². The predicted octanol–water partition coefficient (Wildman–Crippen LogP) is 2.14. The van der Waals surface area contributed by atoms with Crippen molar-refractivity contribution in [3.8, 4) is 5.75 Å². The van der Waals surface area contributed by atoms with Gasteiger partial charge in [-0.2, -0.15) is 4.31 Å². The molecular weight excluding hydrogens is 344 g/mol. The van der Waals surface area contributed by atoms with E-state index in [-0.39, 0.29) is 17.9 Å². The van der Waals surface area contributed by atoms with Crippen LogP contribution in [0.4, 0.5) is 0 Å². The highest BCUT2D eigenvalue weighted by Gasteiger charge is 2.35. The highest BCUT2D eigenvalue weighted by Crippen LogP contribution is 2.24. The number of methoxy groups -OCH3 is 1. The van der Waals surface area contributed by atoms with Gasteiger partial charge < -0.3 is 9.84 Å². The first-order valence-electron chi connectivity index (χ1n) is 7.67. The Balaban J connectivity index is 2.46. The van der Waals surface area contributed by atoms with E-state index >= 15 is 0 Å². The van der Waals surface area contributed by atoms with Gasteiger partial charge >= 0.3 is 5.97 Å². The first kappa shape index (κ1) is 18.9. The number of aliphatic carboxylic acids is 1. The third-order valence-corrected chi connectivity index (χ3v) is 5.62. The minimum absolute atomic E-state index is 0.0110. The summed E-state index contributed by atoms with van der Waals surface area (Å²) in [5, 5.41) is 9.47. The molecule has 0 unspecified atom stereocenters. The minimum Gasteiger partial charge on any atom is -0.497 e. The summed E-state index contributed by atoms with van der Waals surface area (Å²) >= 11 is 0. The van der Waals surface area contributed by atoms with Gasteiger partial charge in [0.1, 0.15) is 11.8 Å². The molecule has 0 saturated carbocycles. The Morgan fingerprint density at radius 2 is 1.96 bits per heavy atom. The normalized spacial score (nSPS) is 12.8. The van der Waals surface area contributed by atoms with Gasteiger partial charge in [0.15, 0.2) is 0 Å². The molecule has 25 heavy (non-hydrogen) atoms. The number of carbonyl (C=O) groups is 1. The zero-order chi connectivity index (χ0) is 18.4. The largest absolute Gasteiger partial charge is 0.497 e. The molecule has 1 aromatic carbocycles. The third-order valence-electron chi connectivity index (χ3n) is 3.75. The summed E-state index contributed by atoms with van der Waals surface area (Å²) in [6.45, 7) is 1.56. The van der Waals surface area contributed by atoms with Crippen LogP contribution in [0.3, 0.4) is 0 Å². The minimum atomic E-state index is -4.01. The summed E-state index contributed by atoms with van der Waals surface area (Å²) in [5.41, 5.74) is 0.610. The van der Waals surface area contributed by atoms with Crippen molar-refractivity contribution < 1.29 is 23.1 Å². The lowest BCUT2D eigenvalue weighted by molar-refractivity contribution is -0.141. The number of aromatic nitrogens is 1. The molecule has 1 aromatic heterocycles. The highest BCUT2D eigenvalue weighted by atomic mass is 32.2. The summed E-state index contributed by atoms with van der Waals surface area (Å²) < 4.78 is 32.1. The average molecular weight is 364 g/mol. The monoisotopic (exact) mass is 364 g/mol. The van der Waals surface area contributed by atoms with Crippen LogP contribution in [-0.2, 0) is 21.4 Å². The molecule has 0 amide bonds. The second kappa shape index (κ2) is 8.09. The Hall–Kier alpha value is -2.45. The van der Waals surface area contributed by atoms with Crippen molar-refractivity contribution >= 4 is 16.0 Å². The smallest absolute Gasteiger partial charge is 0.322 e. The van der Waals surface area contributed by atoms with Crippen molar-refractivity contribution in [1.82, 2.24) is 9.29 Å². The first-order valence-corrected chi connectivity index (χ1v) is 9.11. The predicted molar refractivity (Wildman–Crippen MR) is 91.7 cm³/mol. The molecule has 1 N–H and O–H groups in total. The van der Waals surface area contributed by atoms with E-state index in [1.165, 1.54) is 37.6 Å². The van der Waals surface area contributed by atoms with Crippen molar-refractivity contribution in [2.24, 2.45) is 0 Å². The van der Waals surface area contributed by atoms with Crippen LogP contribution in [0.2, 0.25) is 0 Å². The van der Waals surface area contributed by atoms with E-state index in [9.17, 15) is 18.3 Å². The van der Waals surface area contributed by atoms with Crippen LogP contribution in [0.25, 0.3) is 0 Å². The van der Waals surface area contributed by atoms with Gasteiger partial charge in [-0.15, -0.1) is 0 Å². The van der Waals surface area contributed by atoms with Crippen LogP contribution in [0.15, 0.2) is 53.7 Å². The van der Waals surface area contributed by atoms with Crippen molar-refractivity contribution in [2.75, 3.05) is 7.11 Å². The summed E-state index contributed by atoms with van der Waals surface area (Å²) in [5.74, 6) is -0.675. The Morgan fingerprint density at radius 3 is 2.44 bits per heavy atom. The van der Waals surface area contributed by atoms with E-state index < -0.39 is 22.0 Å². The summed E-state index contributed by atoms with van der Waals surface area (Å²) in [4.78, 5) is 15.6. The van der Waals surface area contributed by atoms with Crippen LogP contribution in [0, 0.1) is 0 Å². The topological polar surface area (TPSA) is 96.8 Å². The van der Waals surface area contributed by atoms with Crippen LogP contribution in [0.1, 0.15) is 18.9 Å². The molecule has 0 aliphatic carbocycles. The van der Waals surface area contributed by atoms with E-state index in [1.54, 1.807) is 25.3 Å². The number of hydrogen-bond donors (Lipinski definition) is 1. The fraction of sp³-hybridized carbons (Fsp3) is 0.294. The molecule has 7 nitrogen and oxygen atoms in total. The van der Waals surface area contributed by atoms with E-state index in [0.29, 0.717) is 11.3 Å². The number of benzene rings is 1. The van der Waals surface area contributed by atoms with Crippen molar-refractivity contribution in [2.45, 2.75) is 30.8 Å². The second-order valence-electron chi connectivity index (χ2n) is 5.35. The second-order valence-corrected chi connectivity index (χ2v) is 7.24.